The Hall–Kier alpha value is -2.39. The first-order valence-corrected chi connectivity index (χ1v) is 9.90. The number of rotatable bonds is 6. The monoisotopic (exact) mass is 368 g/mol. The van der Waals surface area contributed by atoms with Crippen molar-refractivity contribution in [3.63, 3.8) is 0 Å². The van der Waals surface area contributed by atoms with Crippen molar-refractivity contribution in [2.45, 2.75) is 19.3 Å². The van der Waals surface area contributed by atoms with Crippen LogP contribution < -0.4 is 4.52 Å². The maximum atomic E-state index is 11.3. The van der Waals surface area contributed by atoms with Gasteiger partial charge in [0, 0.05) is 5.92 Å². The molecular formula is C21H21O4P. The molecule has 0 aliphatic heterocycles. The molecule has 0 saturated heterocycles. The lowest BCUT2D eigenvalue weighted by Crippen LogP contribution is -2.07. The zero-order valence-corrected chi connectivity index (χ0v) is 15.3. The number of aryl methyl sites for hydroxylation is 1. The van der Waals surface area contributed by atoms with E-state index in [0.29, 0.717) is 6.42 Å². The predicted octanol–water partition coefficient (Wildman–Crippen LogP) is 4.84. The topological polar surface area (TPSA) is 66.8 Å². The molecule has 0 spiro atoms. The molecule has 0 aliphatic rings. The van der Waals surface area contributed by atoms with Crippen LogP contribution in [0.25, 0.3) is 0 Å². The summed E-state index contributed by atoms with van der Waals surface area (Å²) in [5, 5.41) is 0. The van der Waals surface area contributed by atoms with Crippen LogP contribution in [0, 0.1) is 6.92 Å². The minimum atomic E-state index is -4.62. The van der Waals surface area contributed by atoms with E-state index in [4.69, 9.17) is 4.52 Å². The highest BCUT2D eigenvalue weighted by molar-refractivity contribution is 7.46. The molecule has 26 heavy (non-hydrogen) atoms. The van der Waals surface area contributed by atoms with Gasteiger partial charge in [0.2, 0.25) is 0 Å². The van der Waals surface area contributed by atoms with Crippen molar-refractivity contribution in [2.75, 3.05) is 0 Å². The van der Waals surface area contributed by atoms with Gasteiger partial charge >= 0.3 is 7.82 Å². The first-order valence-electron chi connectivity index (χ1n) is 8.37. The van der Waals surface area contributed by atoms with Gasteiger partial charge in [-0.3, -0.25) is 9.79 Å². The predicted molar refractivity (Wildman–Crippen MR) is 102 cm³/mol. The minimum Gasteiger partial charge on any atom is -0.404 e. The Kier molecular flexibility index (Phi) is 5.58. The van der Waals surface area contributed by atoms with Crippen LogP contribution in [-0.4, -0.2) is 9.79 Å². The Morgan fingerprint density at radius 3 is 1.92 bits per heavy atom. The number of phosphoric acid groups is 1. The van der Waals surface area contributed by atoms with Crippen LogP contribution in [0.2, 0.25) is 0 Å². The lowest BCUT2D eigenvalue weighted by molar-refractivity contribution is 0.282. The zero-order chi connectivity index (χ0) is 18.6. The summed E-state index contributed by atoms with van der Waals surface area (Å²) in [4.78, 5) is 18.4. The molecule has 0 aliphatic carbocycles. The highest BCUT2D eigenvalue weighted by Crippen LogP contribution is 2.41. The third-order valence-corrected chi connectivity index (χ3v) is 4.70. The molecule has 0 saturated carbocycles. The SMILES string of the molecule is Cc1ccc(OP(=O)(O)O)c(CC(c2ccccc2)c2ccccc2)c1. The Morgan fingerprint density at radius 1 is 0.885 bits per heavy atom. The third kappa shape index (κ3) is 4.83. The lowest BCUT2D eigenvalue weighted by Gasteiger charge is -2.20. The van der Waals surface area contributed by atoms with E-state index in [2.05, 4.69) is 24.3 Å². The Labute approximate surface area is 153 Å². The van der Waals surface area contributed by atoms with Gasteiger partial charge < -0.3 is 4.52 Å². The molecule has 0 heterocycles. The molecule has 3 rings (SSSR count). The summed E-state index contributed by atoms with van der Waals surface area (Å²) in [5.41, 5.74) is 4.06. The molecule has 0 aromatic heterocycles. The number of hydrogen-bond donors (Lipinski definition) is 2. The second kappa shape index (κ2) is 7.88. The molecule has 0 bridgehead atoms. The van der Waals surface area contributed by atoms with Gasteiger partial charge in [-0.25, -0.2) is 4.57 Å². The molecule has 0 radical (unpaired) electrons. The van der Waals surface area contributed by atoms with Crippen LogP contribution in [0.15, 0.2) is 78.9 Å². The summed E-state index contributed by atoms with van der Waals surface area (Å²) in [6, 6.07) is 25.5. The van der Waals surface area contributed by atoms with E-state index in [-0.39, 0.29) is 11.7 Å². The molecular weight excluding hydrogens is 347 g/mol. The highest BCUT2D eigenvalue weighted by atomic mass is 31.2. The Balaban J connectivity index is 2.02. The van der Waals surface area contributed by atoms with Gasteiger partial charge in [0.1, 0.15) is 5.75 Å². The molecule has 0 unspecified atom stereocenters. The second-order valence-corrected chi connectivity index (χ2v) is 7.43. The van der Waals surface area contributed by atoms with Gasteiger partial charge in [-0.1, -0.05) is 78.4 Å². The maximum absolute atomic E-state index is 11.3. The van der Waals surface area contributed by atoms with E-state index >= 15 is 0 Å². The van der Waals surface area contributed by atoms with Crippen molar-refractivity contribution >= 4 is 7.82 Å². The molecule has 0 amide bonds. The van der Waals surface area contributed by atoms with Gasteiger partial charge in [-0.2, -0.15) is 0 Å². The summed E-state index contributed by atoms with van der Waals surface area (Å²) >= 11 is 0. The second-order valence-electron chi connectivity index (χ2n) is 6.27. The summed E-state index contributed by atoms with van der Waals surface area (Å²) in [6.07, 6.45) is 0.574. The quantitative estimate of drug-likeness (QED) is 0.611. The number of phosphoric ester groups is 1. The molecule has 4 nitrogen and oxygen atoms in total. The maximum Gasteiger partial charge on any atom is 0.524 e. The summed E-state index contributed by atoms with van der Waals surface area (Å²) in [5.74, 6) is 0.277. The van der Waals surface area contributed by atoms with Crippen molar-refractivity contribution in [3.05, 3.63) is 101 Å². The van der Waals surface area contributed by atoms with Gasteiger partial charge in [-0.05, 0) is 36.1 Å². The van der Waals surface area contributed by atoms with Crippen LogP contribution in [0.3, 0.4) is 0 Å². The van der Waals surface area contributed by atoms with Gasteiger partial charge in [0.25, 0.3) is 0 Å². The summed E-state index contributed by atoms with van der Waals surface area (Å²) < 4.78 is 16.3. The number of benzene rings is 3. The van der Waals surface area contributed by atoms with Crippen molar-refractivity contribution in [3.8, 4) is 5.75 Å². The van der Waals surface area contributed by atoms with Crippen LogP contribution in [0.4, 0.5) is 0 Å². The average Bonchev–Trinajstić information content (AvgIpc) is 2.62. The first-order chi connectivity index (χ1) is 12.4. The van der Waals surface area contributed by atoms with Gasteiger partial charge in [0.15, 0.2) is 0 Å². The first kappa shape index (κ1) is 18.4. The standard InChI is InChI=1S/C21H21O4P/c1-16-12-13-21(25-26(22,23)24)19(14-16)15-20(17-8-4-2-5-9-17)18-10-6-3-7-11-18/h2-14,20H,15H2,1H3,(H2,22,23,24). The van der Waals surface area contributed by atoms with Gasteiger partial charge in [-0.15, -0.1) is 0 Å². The van der Waals surface area contributed by atoms with Crippen molar-refractivity contribution in [2.24, 2.45) is 0 Å². The summed E-state index contributed by atoms with van der Waals surface area (Å²) in [7, 11) is -4.62. The Bertz CT molecular complexity index is 864. The van der Waals surface area contributed by atoms with Crippen LogP contribution in [0.5, 0.6) is 5.75 Å². The fourth-order valence-corrected chi connectivity index (χ4v) is 3.54. The third-order valence-electron chi connectivity index (χ3n) is 4.26. The van der Waals surface area contributed by atoms with E-state index in [1.165, 1.54) is 0 Å². The molecule has 3 aromatic rings. The van der Waals surface area contributed by atoms with Crippen LogP contribution in [-0.2, 0) is 11.0 Å². The minimum absolute atomic E-state index is 0.0540. The molecule has 2 N–H and O–H groups in total. The van der Waals surface area contributed by atoms with E-state index < -0.39 is 7.82 Å². The van der Waals surface area contributed by atoms with Gasteiger partial charge in [0.05, 0.1) is 0 Å². The van der Waals surface area contributed by atoms with Crippen molar-refractivity contribution in [1.82, 2.24) is 0 Å². The smallest absolute Gasteiger partial charge is 0.404 e. The molecule has 0 fully saturated rings. The van der Waals surface area contributed by atoms with Crippen molar-refractivity contribution in [1.29, 1.82) is 0 Å². The van der Waals surface area contributed by atoms with Crippen LogP contribution >= 0.6 is 7.82 Å². The fourth-order valence-electron chi connectivity index (χ4n) is 3.10. The van der Waals surface area contributed by atoms with E-state index in [1.807, 2.05) is 49.4 Å². The normalized spacial score (nSPS) is 11.5. The van der Waals surface area contributed by atoms with E-state index in [9.17, 15) is 14.4 Å². The van der Waals surface area contributed by atoms with Crippen molar-refractivity contribution < 1.29 is 18.9 Å². The summed E-state index contributed by atoms with van der Waals surface area (Å²) in [6.45, 7) is 1.95. The van der Waals surface area contributed by atoms with E-state index in [0.717, 1.165) is 22.3 Å². The molecule has 0 atom stereocenters. The van der Waals surface area contributed by atoms with E-state index in [1.54, 1.807) is 12.1 Å². The average molecular weight is 368 g/mol. The highest BCUT2D eigenvalue weighted by Gasteiger charge is 2.21. The molecule has 134 valence electrons. The fraction of sp³-hybridized carbons (Fsp3) is 0.143. The zero-order valence-electron chi connectivity index (χ0n) is 14.4. The Morgan fingerprint density at radius 2 is 1.42 bits per heavy atom. The molecule has 3 aromatic carbocycles. The largest absolute Gasteiger partial charge is 0.524 e. The lowest BCUT2D eigenvalue weighted by atomic mass is 9.85. The van der Waals surface area contributed by atoms with Crippen LogP contribution in [0.1, 0.15) is 28.2 Å². The number of hydrogen-bond acceptors (Lipinski definition) is 2. The molecule has 5 heteroatoms.